The molecule has 0 rings (SSSR count). The largest absolute Gasteiger partial charge is 0.394 e. The maximum Gasteiger partial charge on any atom is 0.0610 e. The van der Waals surface area contributed by atoms with E-state index in [9.17, 15) is 5.11 Å². The second-order valence-electron chi connectivity index (χ2n) is 4.57. The molecule has 86 valence electrons. The van der Waals surface area contributed by atoms with Gasteiger partial charge in [0.1, 0.15) is 0 Å². The number of ether oxygens (including phenoxy) is 1. The Morgan fingerprint density at radius 1 is 1.43 bits per heavy atom. The number of rotatable bonds is 8. The number of aliphatic hydroxyl groups is 1. The van der Waals surface area contributed by atoms with Crippen LogP contribution in [0.3, 0.4) is 0 Å². The van der Waals surface area contributed by atoms with Gasteiger partial charge >= 0.3 is 0 Å². The molecule has 0 saturated carbocycles. The van der Waals surface area contributed by atoms with E-state index in [1.807, 2.05) is 0 Å². The highest BCUT2D eigenvalue weighted by Gasteiger charge is 2.21. The van der Waals surface area contributed by atoms with Crippen molar-refractivity contribution >= 4 is 0 Å². The van der Waals surface area contributed by atoms with Crippen molar-refractivity contribution in [2.24, 2.45) is 5.92 Å². The number of methoxy groups -OCH3 is 1. The second-order valence-corrected chi connectivity index (χ2v) is 4.57. The van der Waals surface area contributed by atoms with Crippen LogP contribution in [0.15, 0.2) is 0 Å². The molecule has 0 aromatic carbocycles. The summed E-state index contributed by atoms with van der Waals surface area (Å²) in [6.07, 6.45) is 2.14. The molecule has 0 saturated heterocycles. The SMILES string of the molecule is COCCNC(C)(CO)CCC(C)C. The lowest BCUT2D eigenvalue weighted by atomic mass is 9.93. The van der Waals surface area contributed by atoms with E-state index < -0.39 is 0 Å². The average Bonchev–Trinajstić information content (AvgIpc) is 2.15. The zero-order chi connectivity index (χ0) is 11.0. The maximum atomic E-state index is 9.29. The molecular formula is C11H25NO2. The molecule has 0 amide bonds. The summed E-state index contributed by atoms with van der Waals surface area (Å²) in [6.45, 7) is 8.14. The highest BCUT2D eigenvalue weighted by atomic mass is 16.5. The molecule has 1 atom stereocenters. The van der Waals surface area contributed by atoms with Gasteiger partial charge in [0.25, 0.3) is 0 Å². The predicted octanol–water partition coefficient (Wildman–Crippen LogP) is 1.41. The minimum absolute atomic E-state index is 0.150. The van der Waals surface area contributed by atoms with Gasteiger partial charge < -0.3 is 15.2 Å². The highest BCUT2D eigenvalue weighted by molar-refractivity contribution is 4.82. The van der Waals surface area contributed by atoms with E-state index in [4.69, 9.17) is 4.74 Å². The topological polar surface area (TPSA) is 41.5 Å². The quantitative estimate of drug-likeness (QED) is 0.586. The van der Waals surface area contributed by atoms with E-state index in [0.717, 1.165) is 19.4 Å². The van der Waals surface area contributed by atoms with Crippen molar-refractivity contribution in [3.63, 3.8) is 0 Å². The van der Waals surface area contributed by atoms with Gasteiger partial charge in [0.2, 0.25) is 0 Å². The molecule has 3 nitrogen and oxygen atoms in total. The van der Waals surface area contributed by atoms with Crippen LogP contribution >= 0.6 is 0 Å². The van der Waals surface area contributed by atoms with Gasteiger partial charge in [0.05, 0.1) is 13.2 Å². The maximum absolute atomic E-state index is 9.29. The summed E-state index contributed by atoms with van der Waals surface area (Å²) >= 11 is 0. The van der Waals surface area contributed by atoms with E-state index in [0.29, 0.717) is 12.5 Å². The fourth-order valence-corrected chi connectivity index (χ4v) is 1.29. The molecule has 0 fully saturated rings. The van der Waals surface area contributed by atoms with Gasteiger partial charge in [0.15, 0.2) is 0 Å². The highest BCUT2D eigenvalue weighted by Crippen LogP contribution is 2.15. The fraction of sp³-hybridized carbons (Fsp3) is 1.00. The van der Waals surface area contributed by atoms with Gasteiger partial charge in [-0.15, -0.1) is 0 Å². The van der Waals surface area contributed by atoms with Gasteiger partial charge in [-0.25, -0.2) is 0 Å². The van der Waals surface area contributed by atoms with Crippen LogP contribution in [-0.2, 0) is 4.74 Å². The molecule has 3 heteroatoms. The Morgan fingerprint density at radius 2 is 2.07 bits per heavy atom. The normalized spacial score (nSPS) is 15.9. The first kappa shape index (κ1) is 13.9. The third-order valence-electron chi connectivity index (χ3n) is 2.48. The molecule has 0 spiro atoms. The van der Waals surface area contributed by atoms with Crippen LogP contribution in [0.4, 0.5) is 0 Å². The summed E-state index contributed by atoms with van der Waals surface area (Å²) in [5.41, 5.74) is -0.150. The Morgan fingerprint density at radius 3 is 2.50 bits per heavy atom. The first-order valence-corrected chi connectivity index (χ1v) is 5.39. The van der Waals surface area contributed by atoms with Crippen LogP contribution in [0.25, 0.3) is 0 Å². The van der Waals surface area contributed by atoms with Crippen LogP contribution in [-0.4, -0.2) is 37.5 Å². The van der Waals surface area contributed by atoms with E-state index in [-0.39, 0.29) is 12.1 Å². The lowest BCUT2D eigenvalue weighted by Crippen LogP contribution is -2.47. The van der Waals surface area contributed by atoms with Gasteiger partial charge in [-0.05, 0) is 25.7 Å². The first-order valence-electron chi connectivity index (χ1n) is 5.39. The van der Waals surface area contributed by atoms with E-state index in [1.165, 1.54) is 0 Å². The Hall–Kier alpha value is -0.120. The number of hydrogen-bond acceptors (Lipinski definition) is 3. The number of aliphatic hydroxyl groups excluding tert-OH is 1. The van der Waals surface area contributed by atoms with Crippen molar-refractivity contribution in [1.82, 2.24) is 5.32 Å². The van der Waals surface area contributed by atoms with Gasteiger partial charge in [-0.2, -0.15) is 0 Å². The third-order valence-corrected chi connectivity index (χ3v) is 2.48. The predicted molar refractivity (Wildman–Crippen MR) is 59.4 cm³/mol. The fourth-order valence-electron chi connectivity index (χ4n) is 1.29. The van der Waals surface area contributed by atoms with Crippen molar-refractivity contribution in [3.05, 3.63) is 0 Å². The number of nitrogens with one attached hydrogen (secondary N) is 1. The smallest absolute Gasteiger partial charge is 0.0610 e. The molecule has 1 unspecified atom stereocenters. The molecule has 0 aliphatic heterocycles. The van der Waals surface area contributed by atoms with Crippen LogP contribution < -0.4 is 5.32 Å². The van der Waals surface area contributed by atoms with Crippen molar-refractivity contribution in [2.75, 3.05) is 26.9 Å². The minimum Gasteiger partial charge on any atom is -0.394 e. The third kappa shape index (κ3) is 6.35. The Labute approximate surface area is 87.8 Å². The molecule has 0 aromatic rings. The Bertz CT molecular complexity index is 139. The van der Waals surface area contributed by atoms with Crippen molar-refractivity contribution in [3.8, 4) is 0 Å². The average molecular weight is 203 g/mol. The van der Waals surface area contributed by atoms with Crippen molar-refractivity contribution < 1.29 is 9.84 Å². The Kier molecular flexibility index (Phi) is 7.15. The van der Waals surface area contributed by atoms with Crippen LogP contribution in [0.1, 0.15) is 33.6 Å². The zero-order valence-corrected chi connectivity index (χ0v) is 9.97. The van der Waals surface area contributed by atoms with E-state index in [1.54, 1.807) is 7.11 Å². The lowest BCUT2D eigenvalue weighted by Gasteiger charge is -2.29. The van der Waals surface area contributed by atoms with Gasteiger partial charge in [-0.3, -0.25) is 0 Å². The lowest BCUT2D eigenvalue weighted by molar-refractivity contribution is 0.138. The molecule has 2 N–H and O–H groups in total. The molecule has 14 heavy (non-hydrogen) atoms. The molecule has 0 bridgehead atoms. The van der Waals surface area contributed by atoms with Crippen LogP contribution in [0.5, 0.6) is 0 Å². The van der Waals surface area contributed by atoms with Crippen LogP contribution in [0, 0.1) is 5.92 Å². The molecular weight excluding hydrogens is 178 g/mol. The van der Waals surface area contributed by atoms with Crippen molar-refractivity contribution in [2.45, 2.75) is 39.2 Å². The standard InChI is InChI=1S/C11H25NO2/c1-10(2)5-6-11(3,9-13)12-7-8-14-4/h10,12-13H,5-9H2,1-4H3. The summed E-state index contributed by atoms with van der Waals surface area (Å²) < 4.78 is 4.96. The summed E-state index contributed by atoms with van der Waals surface area (Å²) in [5.74, 6) is 0.685. The molecule has 0 aromatic heterocycles. The summed E-state index contributed by atoms with van der Waals surface area (Å²) in [7, 11) is 1.69. The van der Waals surface area contributed by atoms with E-state index in [2.05, 4.69) is 26.1 Å². The molecule has 0 radical (unpaired) electrons. The second kappa shape index (κ2) is 7.21. The van der Waals surface area contributed by atoms with Gasteiger partial charge in [0, 0.05) is 19.2 Å². The molecule has 0 aliphatic carbocycles. The van der Waals surface area contributed by atoms with Crippen molar-refractivity contribution in [1.29, 1.82) is 0 Å². The molecule has 0 aliphatic rings. The summed E-state index contributed by atoms with van der Waals surface area (Å²) in [4.78, 5) is 0. The Balaban J connectivity index is 3.79. The van der Waals surface area contributed by atoms with Gasteiger partial charge in [-0.1, -0.05) is 13.8 Å². The number of hydrogen-bond donors (Lipinski definition) is 2. The van der Waals surface area contributed by atoms with Crippen LogP contribution in [0.2, 0.25) is 0 Å². The zero-order valence-electron chi connectivity index (χ0n) is 9.97. The minimum atomic E-state index is -0.150. The first-order chi connectivity index (χ1) is 6.54. The molecule has 0 heterocycles. The summed E-state index contributed by atoms with van der Waals surface area (Å²) in [6, 6.07) is 0. The monoisotopic (exact) mass is 203 g/mol. The van der Waals surface area contributed by atoms with E-state index >= 15 is 0 Å². The summed E-state index contributed by atoms with van der Waals surface area (Å²) in [5, 5.41) is 12.6.